The van der Waals surface area contributed by atoms with Gasteiger partial charge in [0.1, 0.15) is 5.75 Å². The highest BCUT2D eigenvalue weighted by molar-refractivity contribution is 5.81. The zero-order chi connectivity index (χ0) is 15.4. The SMILES string of the molecule is COc1ccc([C@@H](O)C(=O)NCc2c(C)n[nH]c2C)cc1. The molecule has 112 valence electrons. The van der Waals surface area contributed by atoms with E-state index in [1.807, 2.05) is 13.8 Å². The monoisotopic (exact) mass is 289 g/mol. The molecule has 0 unspecified atom stereocenters. The number of benzene rings is 1. The van der Waals surface area contributed by atoms with Gasteiger partial charge in [-0.15, -0.1) is 0 Å². The van der Waals surface area contributed by atoms with Crippen LogP contribution in [0.4, 0.5) is 0 Å². The van der Waals surface area contributed by atoms with Gasteiger partial charge in [0, 0.05) is 17.8 Å². The Labute approximate surface area is 123 Å². The van der Waals surface area contributed by atoms with E-state index in [2.05, 4.69) is 15.5 Å². The van der Waals surface area contributed by atoms with Crippen molar-refractivity contribution < 1.29 is 14.6 Å². The molecule has 0 spiro atoms. The molecule has 1 aromatic carbocycles. The van der Waals surface area contributed by atoms with Gasteiger partial charge in [-0.25, -0.2) is 0 Å². The van der Waals surface area contributed by atoms with E-state index < -0.39 is 12.0 Å². The molecule has 1 heterocycles. The summed E-state index contributed by atoms with van der Waals surface area (Å²) in [6, 6.07) is 6.74. The Morgan fingerprint density at radius 1 is 1.38 bits per heavy atom. The number of methoxy groups -OCH3 is 1. The van der Waals surface area contributed by atoms with E-state index in [0.29, 0.717) is 17.9 Å². The average Bonchev–Trinajstić information content (AvgIpc) is 2.83. The van der Waals surface area contributed by atoms with Gasteiger partial charge < -0.3 is 15.2 Å². The molecule has 1 atom stereocenters. The molecule has 21 heavy (non-hydrogen) atoms. The normalized spacial score (nSPS) is 12.0. The molecule has 6 nitrogen and oxygen atoms in total. The molecule has 3 N–H and O–H groups in total. The van der Waals surface area contributed by atoms with E-state index in [9.17, 15) is 9.90 Å². The summed E-state index contributed by atoms with van der Waals surface area (Å²) in [6.07, 6.45) is -1.21. The average molecular weight is 289 g/mol. The maximum Gasteiger partial charge on any atom is 0.253 e. The van der Waals surface area contributed by atoms with Gasteiger partial charge in [0.05, 0.1) is 12.8 Å². The number of ether oxygens (including phenoxy) is 1. The second kappa shape index (κ2) is 6.41. The summed E-state index contributed by atoms with van der Waals surface area (Å²) in [5.74, 6) is 0.233. The zero-order valence-electron chi connectivity index (χ0n) is 12.3. The number of rotatable bonds is 5. The molecule has 0 aliphatic rings. The van der Waals surface area contributed by atoms with Crippen LogP contribution in [0.2, 0.25) is 0 Å². The van der Waals surface area contributed by atoms with Crippen molar-refractivity contribution in [2.45, 2.75) is 26.5 Å². The van der Waals surface area contributed by atoms with Crippen molar-refractivity contribution in [1.29, 1.82) is 0 Å². The summed E-state index contributed by atoms with van der Waals surface area (Å²) >= 11 is 0. The number of aryl methyl sites for hydroxylation is 2. The van der Waals surface area contributed by atoms with Crippen molar-refractivity contribution >= 4 is 5.91 Å². The van der Waals surface area contributed by atoms with Gasteiger partial charge in [-0.3, -0.25) is 9.89 Å². The van der Waals surface area contributed by atoms with Crippen LogP contribution in [0.5, 0.6) is 5.75 Å². The largest absolute Gasteiger partial charge is 0.497 e. The van der Waals surface area contributed by atoms with Gasteiger partial charge in [0.2, 0.25) is 0 Å². The molecule has 0 bridgehead atoms. The summed E-state index contributed by atoms with van der Waals surface area (Å²) in [4.78, 5) is 12.0. The second-order valence-corrected chi connectivity index (χ2v) is 4.81. The summed E-state index contributed by atoms with van der Waals surface area (Å²) in [5, 5.41) is 19.7. The fraction of sp³-hybridized carbons (Fsp3) is 0.333. The predicted molar refractivity (Wildman–Crippen MR) is 77.9 cm³/mol. The fourth-order valence-electron chi connectivity index (χ4n) is 2.04. The van der Waals surface area contributed by atoms with E-state index in [1.165, 1.54) is 0 Å². The van der Waals surface area contributed by atoms with Crippen LogP contribution in [-0.4, -0.2) is 28.3 Å². The van der Waals surface area contributed by atoms with Crippen molar-refractivity contribution in [1.82, 2.24) is 15.5 Å². The summed E-state index contributed by atoms with van der Waals surface area (Å²) in [5.41, 5.74) is 3.21. The number of hydrogen-bond donors (Lipinski definition) is 3. The molecule has 1 amide bonds. The minimum atomic E-state index is -1.21. The highest BCUT2D eigenvalue weighted by Gasteiger charge is 2.18. The maximum absolute atomic E-state index is 12.0. The Morgan fingerprint density at radius 2 is 2.05 bits per heavy atom. The number of nitrogens with zero attached hydrogens (tertiary/aromatic N) is 1. The quantitative estimate of drug-likeness (QED) is 0.776. The number of nitrogens with one attached hydrogen (secondary N) is 2. The van der Waals surface area contributed by atoms with Crippen molar-refractivity contribution in [3.05, 3.63) is 46.8 Å². The number of aromatic nitrogens is 2. The van der Waals surface area contributed by atoms with Crippen LogP contribution in [0.15, 0.2) is 24.3 Å². The summed E-state index contributed by atoms with van der Waals surface area (Å²) < 4.78 is 5.04. The van der Waals surface area contributed by atoms with E-state index >= 15 is 0 Å². The number of aliphatic hydroxyl groups is 1. The molecule has 1 aromatic heterocycles. The number of carbonyl (C=O) groups excluding carboxylic acids is 1. The zero-order valence-corrected chi connectivity index (χ0v) is 12.3. The molecular formula is C15H19N3O3. The lowest BCUT2D eigenvalue weighted by Crippen LogP contribution is -2.29. The first-order valence-electron chi connectivity index (χ1n) is 6.63. The third-order valence-corrected chi connectivity index (χ3v) is 3.40. The summed E-state index contributed by atoms with van der Waals surface area (Å²) in [6.45, 7) is 4.09. The van der Waals surface area contributed by atoms with Crippen LogP contribution in [0.3, 0.4) is 0 Å². The van der Waals surface area contributed by atoms with Crippen molar-refractivity contribution in [2.75, 3.05) is 7.11 Å². The maximum atomic E-state index is 12.0. The lowest BCUT2D eigenvalue weighted by atomic mass is 10.1. The lowest BCUT2D eigenvalue weighted by molar-refractivity contribution is -0.129. The molecular weight excluding hydrogens is 270 g/mol. The van der Waals surface area contributed by atoms with E-state index in [0.717, 1.165) is 17.0 Å². The van der Waals surface area contributed by atoms with Crippen molar-refractivity contribution in [3.8, 4) is 5.75 Å². The van der Waals surface area contributed by atoms with Gasteiger partial charge in [-0.1, -0.05) is 12.1 Å². The smallest absolute Gasteiger partial charge is 0.253 e. The van der Waals surface area contributed by atoms with Gasteiger partial charge in [0.25, 0.3) is 5.91 Å². The third-order valence-electron chi connectivity index (χ3n) is 3.40. The highest BCUT2D eigenvalue weighted by Crippen LogP contribution is 2.18. The Morgan fingerprint density at radius 3 is 2.57 bits per heavy atom. The van der Waals surface area contributed by atoms with Crippen LogP contribution < -0.4 is 10.1 Å². The number of aromatic amines is 1. The molecule has 6 heteroatoms. The van der Waals surface area contributed by atoms with Crippen LogP contribution in [0.25, 0.3) is 0 Å². The molecule has 0 saturated carbocycles. The lowest BCUT2D eigenvalue weighted by Gasteiger charge is -2.12. The standard InChI is InChI=1S/C15H19N3O3/c1-9-13(10(2)18-17-9)8-16-15(20)14(19)11-4-6-12(21-3)7-5-11/h4-7,14,19H,8H2,1-3H3,(H,16,20)(H,17,18)/t14-/m1/s1. The van der Waals surface area contributed by atoms with Gasteiger partial charge >= 0.3 is 0 Å². The number of carbonyl (C=O) groups is 1. The minimum absolute atomic E-state index is 0.334. The first-order chi connectivity index (χ1) is 10.0. The Hall–Kier alpha value is -2.34. The molecule has 2 aromatic rings. The Kier molecular flexibility index (Phi) is 4.59. The fourth-order valence-corrected chi connectivity index (χ4v) is 2.04. The molecule has 0 aliphatic heterocycles. The number of hydrogen-bond acceptors (Lipinski definition) is 4. The Balaban J connectivity index is 1.99. The first kappa shape index (κ1) is 15.1. The van der Waals surface area contributed by atoms with Crippen LogP contribution in [0.1, 0.15) is 28.6 Å². The van der Waals surface area contributed by atoms with Gasteiger partial charge in [-0.05, 0) is 31.5 Å². The molecule has 0 aliphatic carbocycles. The number of aliphatic hydroxyl groups excluding tert-OH is 1. The molecule has 0 saturated heterocycles. The summed E-state index contributed by atoms with van der Waals surface area (Å²) in [7, 11) is 1.56. The van der Waals surface area contributed by atoms with Crippen LogP contribution in [0, 0.1) is 13.8 Å². The van der Waals surface area contributed by atoms with Gasteiger partial charge in [0.15, 0.2) is 6.10 Å². The van der Waals surface area contributed by atoms with Gasteiger partial charge in [-0.2, -0.15) is 5.10 Å². The van der Waals surface area contributed by atoms with Crippen LogP contribution >= 0.6 is 0 Å². The third kappa shape index (κ3) is 3.41. The van der Waals surface area contributed by atoms with E-state index in [1.54, 1.807) is 31.4 Å². The van der Waals surface area contributed by atoms with Crippen molar-refractivity contribution in [2.24, 2.45) is 0 Å². The van der Waals surface area contributed by atoms with E-state index in [-0.39, 0.29) is 0 Å². The van der Waals surface area contributed by atoms with Crippen LogP contribution in [-0.2, 0) is 11.3 Å². The second-order valence-electron chi connectivity index (χ2n) is 4.81. The Bertz CT molecular complexity index is 600. The number of amides is 1. The topological polar surface area (TPSA) is 87.2 Å². The number of H-pyrrole nitrogens is 1. The first-order valence-corrected chi connectivity index (χ1v) is 6.63. The molecule has 0 fully saturated rings. The van der Waals surface area contributed by atoms with E-state index in [4.69, 9.17) is 4.74 Å². The highest BCUT2D eigenvalue weighted by atomic mass is 16.5. The minimum Gasteiger partial charge on any atom is -0.497 e. The van der Waals surface area contributed by atoms with Crippen molar-refractivity contribution in [3.63, 3.8) is 0 Å². The predicted octanol–water partition coefficient (Wildman–Crippen LogP) is 1.38. The molecule has 2 rings (SSSR count). The molecule has 0 radical (unpaired) electrons.